The molecule has 146 valence electrons. The van der Waals surface area contributed by atoms with Crippen LogP contribution in [0.25, 0.3) is 43.1 Å². The monoisotopic (exact) mass is 400 g/mol. The van der Waals surface area contributed by atoms with Crippen LogP contribution in [0.3, 0.4) is 0 Å². The van der Waals surface area contributed by atoms with Gasteiger partial charge in [0.2, 0.25) is 5.69 Å². The second-order valence-corrected chi connectivity index (χ2v) is 7.31. The number of hydrogen-bond donors (Lipinski definition) is 0. The topological polar surface area (TPSA) is 11.7 Å². The summed E-state index contributed by atoms with van der Waals surface area (Å²) in [5, 5.41) is 0. The fraction of sp³-hybridized carbons (Fsp3) is 0.0357. The Kier molecular flexibility index (Phi) is 5.43. The van der Waals surface area contributed by atoms with Crippen molar-refractivity contribution in [2.45, 2.75) is 0 Å². The molecule has 0 heterocycles. The maximum absolute atomic E-state index is 5.67. The van der Waals surface area contributed by atoms with Crippen molar-refractivity contribution in [3.63, 3.8) is 0 Å². The van der Waals surface area contributed by atoms with E-state index in [1.54, 1.807) is 0 Å². The Hall–Kier alpha value is -4.47. The molecule has 0 saturated carbocycles. The van der Waals surface area contributed by atoms with E-state index in [4.69, 9.17) is 13.1 Å². The zero-order valence-corrected chi connectivity index (χ0v) is 17.4. The van der Waals surface area contributed by atoms with Crippen LogP contribution in [0.2, 0.25) is 0 Å². The Bertz CT molecular complexity index is 1310. The fourth-order valence-electron chi connectivity index (χ4n) is 3.81. The van der Waals surface area contributed by atoms with E-state index in [-0.39, 0.29) is 0 Å². The van der Waals surface area contributed by atoms with Gasteiger partial charge in [0.25, 0.3) is 13.1 Å². The van der Waals surface area contributed by atoms with E-state index in [0.29, 0.717) is 0 Å². The van der Waals surface area contributed by atoms with Gasteiger partial charge in [-0.25, -0.2) is 4.58 Å². The van der Waals surface area contributed by atoms with Gasteiger partial charge in [-0.2, -0.15) is 0 Å². The highest BCUT2D eigenvalue weighted by molar-refractivity contribution is 5.90. The lowest BCUT2D eigenvalue weighted by atomic mass is 9.91. The zero-order chi connectivity index (χ0) is 21.8. The van der Waals surface area contributed by atoms with Crippen molar-refractivity contribution < 1.29 is 4.58 Å². The first-order valence-corrected chi connectivity index (χ1v) is 9.91. The Labute approximate surface area is 182 Å². The predicted molar refractivity (Wildman–Crippen MR) is 132 cm³/mol. The third kappa shape index (κ3) is 3.86. The molecule has 0 amide bonds. The van der Waals surface area contributed by atoms with Crippen molar-refractivity contribution in [2.24, 2.45) is 0 Å². The van der Waals surface area contributed by atoms with Crippen molar-refractivity contribution >= 4 is 23.8 Å². The maximum Gasteiger partial charge on any atom is 0.347 e. The van der Waals surface area contributed by atoms with Crippen LogP contribution in [-0.4, -0.2) is 18.3 Å². The van der Waals surface area contributed by atoms with Gasteiger partial charge in [0.15, 0.2) is 0 Å². The Balaban J connectivity index is 2.05. The first-order chi connectivity index (χ1) is 15.1. The molecule has 0 spiro atoms. The molecule has 0 unspecified atom stereocenters. The standard InChI is InChI=1S/C28H22N3/c1-29-26-14-8-5-11-23(26)20-17-21(24-12-6-9-15-27(24)30-2)19-22(18-20)25-13-7-10-16-28(25)31(3)4/h1-2,5-19H,3H2,4H3/q+3. The summed E-state index contributed by atoms with van der Waals surface area (Å²) in [5.41, 5.74) is 8.53. The molecule has 4 aromatic carbocycles. The van der Waals surface area contributed by atoms with Crippen LogP contribution in [0, 0.1) is 13.1 Å². The molecule has 0 saturated heterocycles. The quantitative estimate of drug-likeness (QED) is 0.244. The van der Waals surface area contributed by atoms with Gasteiger partial charge in [-0.15, -0.1) is 0 Å². The second-order valence-electron chi connectivity index (χ2n) is 7.31. The highest BCUT2D eigenvalue weighted by Gasteiger charge is 2.19. The maximum atomic E-state index is 5.67. The molecule has 3 nitrogen and oxygen atoms in total. The largest absolute Gasteiger partial charge is 0.347 e. The number of nitrogens with zero attached hydrogens (tertiary/aromatic N) is 3. The van der Waals surface area contributed by atoms with E-state index in [0.717, 1.165) is 50.4 Å². The molecular formula is C28H22N3+3. The van der Waals surface area contributed by atoms with E-state index in [1.165, 1.54) is 0 Å². The van der Waals surface area contributed by atoms with E-state index >= 15 is 0 Å². The van der Waals surface area contributed by atoms with Gasteiger partial charge in [-0.1, -0.05) is 36.4 Å². The summed E-state index contributed by atoms with van der Waals surface area (Å²) in [6.07, 6.45) is 0. The van der Waals surface area contributed by atoms with Crippen molar-refractivity contribution in [1.29, 1.82) is 0 Å². The molecule has 31 heavy (non-hydrogen) atoms. The van der Waals surface area contributed by atoms with E-state index in [1.807, 2.05) is 72.3 Å². The van der Waals surface area contributed by atoms with Gasteiger partial charge in [0.05, 0.1) is 16.7 Å². The minimum atomic E-state index is 0.727. The molecule has 0 bridgehead atoms. The lowest BCUT2D eigenvalue weighted by Crippen LogP contribution is -1.95. The van der Waals surface area contributed by atoms with Gasteiger partial charge in [-0.3, -0.25) is 0 Å². The third-order valence-electron chi connectivity index (χ3n) is 5.27. The summed E-state index contributed by atoms with van der Waals surface area (Å²) in [6, 6.07) is 30.3. The smallest absolute Gasteiger partial charge is 0.208 e. The molecule has 3 heteroatoms. The predicted octanol–water partition coefficient (Wildman–Crippen LogP) is 7.85. The summed E-state index contributed by atoms with van der Waals surface area (Å²) in [6.45, 7) is 15.4. The fourth-order valence-corrected chi connectivity index (χ4v) is 3.81. The molecule has 4 rings (SSSR count). The highest BCUT2D eigenvalue weighted by Crippen LogP contribution is 2.40. The summed E-state index contributed by atoms with van der Waals surface area (Å²) < 4.78 is 1.87. The Morgan fingerprint density at radius 1 is 0.613 bits per heavy atom. The lowest BCUT2D eigenvalue weighted by Gasteiger charge is -2.11. The highest BCUT2D eigenvalue weighted by atomic mass is 14.9. The number of rotatable bonds is 4. The SMILES string of the molecule is C#[N+]c1ccccc1-c1cc(-c2ccccc2[N+]#C)cc(-c2ccccc2[N+](=C)C)c1. The molecule has 0 fully saturated rings. The van der Waals surface area contributed by atoms with Gasteiger partial charge in [-0.05, 0) is 62.8 Å². The summed E-state index contributed by atoms with van der Waals surface area (Å²) in [7, 11) is 1.94. The van der Waals surface area contributed by atoms with Crippen LogP contribution in [-0.2, 0) is 0 Å². The molecule has 0 N–H and O–H groups in total. The number of benzene rings is 4. The van der Waals surface area contributed by atoms with Crippen molar-refractivity contribution in [3.05, 3.63) is 101 Å². The minimum absolute atomic E-state index is 0.727. The zero-order valence-electron chi connectivity index (χ0n) is 17.4. The average molecular weight is 401 g/mol. The van der Waals surface area contributed by atoms with Gasteiger partial charge in [0.1, 0.15) is 13.8 Å². The Morgan fingerprint density at radius 3 is 1.45 bits per heavy atom. The molecule has 0 radical (unpaired) electrons. The average Bonchev–Trinajstić information content (AvgIpc) is 2.83. The first-order valence-electron chi connectivity index (χ1n) is 9.91. The van der Waals surface area contributed by atoms with Crippen LogP contribution in [0.1, 0.15) is 0 Å². The molecular weight excluding hydrogens is 378 g/mol. The molecule has 0 aromatic heterocycles. The van der Waals surface area contributed by atoms with Crippen LogP contribution in [0.4, 0.5) is 17.1 Å². The third-order valence-corrected chi connectivity index (χ3v) is 5.27. The number of hydrogen-bond acceptors (Lipinski definition) is 0. The van der Waals surface area contributed by atoms with Crippen LogP contribution < -0.4 is 0 Å². The summed E-state index contributed by atoms with van der Waals surface area (Å²) in [5.74, 6) is 0. The van der Waals surface area contributed by atoms with Gasteiger partial charge in [0, 0.05) is 18.2 Å². The van der Waals surface area contributed by atoms with E-state index in [9.17, 15) is 0 Å². The van der Waals surface area contributed by atoms with Crippen LogP contribution in [0.15, 0.2) is 91.0 Å². The molecule has 0 aliphatic carbocycles. The molecule has 0 aliphatic heterocycles. The normalized spacial score (nSPS) is 10.2. The van der Waals surface area contributed by atoms with Crippen molar-refractivity contribution in [1.82, 2.24) is 0 Å². The van der Waals surface area contributed by atoms with Crippen LogP contribution in [0.5, 0.6) is 0 Å². The van der Waals surface area contributed by atoms with E-state index in [2.05, 4.69) is 46.7 Å². The van der Waals surface area contributed by atoms with Gasteiger partial charge < -0.3 is 0 Å². The number of para-hydroxylation sites is 3. The lowest BCUT2D eigenvalue weighted by molar-refractivity contribution is -0.394. The second kappa shape index (κ2) is 8.49. The molecule has 0 aliphatic rings. The van der Waals surface area contributed by atoms with Crippen LogP contribution >= 0.6 is 0 Å². The summed E-state index contributed by atoms with van der Waals surface area (Å²) in [4.78, 5) is 7.95. The van der Waals surface area contributed by atoms with Crippen molar-refractivity contribution in [3.8, 4) is 46.5 Å². The first kappa shape index (κ1) is 19.8. The molecule has 4 aromatic rings. The molecule has 0 atom stereocenters. The van der Waals surface area contributed by atoms with Gasteiger partial charge >= 0.3 is 11.4 Å². The van der Waals surface area contributed by atoms with E-state index < -0.39 is 0 Å². The van der Waals surface area contributed by atoms with Crippen molar-refractivity contribution in [2.75, 3.05) is 7.05 Å². The summed E-state index contributed by atoms with van der Waals surface area (Å²) >= 11 is 0. The Morgan fingerprint density at radius 2 is 1.00 bits per heavy atom. The minimum Gasteiger partial charge on any atom is -0.208 e.